The molecule has 1 aliphatic heterocycles. The van der Waals surface area contributed by atoms with E-state index in [4.69, 9.17) is 32.7 Å². The van der Waals surface area contributed by atoms with E-state index < -0.39 is 11.2 Å². The lowest BCUT2D eigenvalue weighted by molar-refractivity contribution is -0.154. The number of halogens is 2. The number of amides is 1. The molecule has 37 heavy (non-hydrogen) atoms. The molecule has 2 aromatic rings. The largest absolute Gasteiger partial charge is 0.460 e. The number of fused-ring (bicyclic) bond motifs is 1. The molecule has 5 rings (SSSR count). The molecule has 2 saturated carbocycles. The first-order chi connectivity index (χ1) is 17.6. The first-order valence-corrected chi connectivity index (χ1v) is 13.8. The summed E-state index contributed by atoms with van der Waals surface area (Å²) in [5.74, 6) is -0.257. The lowest BCUT2D eigenvalue weighted by Gasteiger charge is -2.39. The van der Waals surface area contributed by atoms with E-state index in [0.717, 1.165) is 29.0 Å². The van der Waals surface area contributed by atoms with Crippen LogP contribution < -0.4 is 9.80 Å². The van der Waals surface area contributed by atoms with Crippen LogP contribution in [0.2, 0.25) is 10.0 Å². The summed E-state index contributed by atoms with van der Waals surface area (Å²) in [6.07, 6.45) is 4.47. The second-order valence-electron chi connectivity index (χ2n) is 11.3. The van der Waals surface area contributed by atoms with Gasteiger partial charge in [0.05, 0.1) is 18.0 Å². The zero-order chi connectivity index (χ0) is 26.4. The van der Waals surface area contributed by atoms with E-state index in [9.17, 15) is 9.59 Å². The standard InChI is InChI=1S/C29H34Cl2N2O4/c1-28(2,3)37-26(34)11-8-19-16-23(31)20(17-22(19)30)18-36-29(12-13-29)27(35)33-15-14-32(21-9-10-21)24-6-4-5-7-25(24)33/h4-7,16-17,21H,8-15,18H2,1-3H3. The highest BCUT2D eigenvalue weighted by Crippen LogP contribution is 2.46. The number of hydrogen-bond donors (Lipinski definition) is 0. The number of carbonyl (C=O) groups is 2. The fourth-order valence-corrected chi connectivity index (χ4v) is 5.44. The van der Waals surface area contributed by atoms with Crippen molar-refractivity contribution in [3.05, 3.63) is 57.6 Å². The van der Waals surface area contributed by atoms with Crippen LogP contribution in [0.5, 0.6) is 0 Å². The van der Waals surface area contributed by atoms with E-state index >= 15 is 0 Å². The van der Waals surface area contributed by atoms with E-state index in [-0.39, 0.29) is 24.9 Å². The Morgan fingerprint density at radius 2 is 1.65 bits per heavy atom. The first-order valence-electron chi connectivity index (χ1n) is 13.1. The average Bonchev–Trinajstić information content (AvgIpc) is 3.77. The van der Waals surface area contributed by atoms with Gasteiger partial charge in [-0.1, -0.05) is 35.3 Å². The van der Waals surface area contributed by atoms with Crippen LogP contribution >= 0.6 is 23.2 Å². The van der Waals surface area contributed by atoms with Crippen LogP contribution in [-0.2, 0) is 32.1 Å². The van der Waals surface area contributed by atoms with Gasteiger partial charge in [-0.05, 0) is 88.3 Å². The minimum absolute atomic E-state index is 0.0200. The highest BCUT2D eigenvalue weighted by molar-refractivity contribution is 6.34. The number of benzene rings is 2. The second-order valence-corrected chi connectivity index (χ2v) is 12.1. The van der Waals surface area contributed by atoms with Crippen molar-refractivity contribution >= 4 is 46.5 Å². The van der Waals surface area contributed by atoms with Crippen molar-refractivity contribution < 1.29 is 19.1 Å². The highest BCUT2D eigenvalue weighted by Gasteiger charge is 2.54. The lowest BCUT2D eigenvalue weighted by Crippen LogP contribution is -2.49. The Bertz CT molecular complexity index is 1200. The summed E-state index contributed by atoms with van der Waals surface area (Å²) in [5.41, 5.74) is 2.27. The first kappa shape index (κ1) is 26.3. The molecule has 0 atom stereocenters. The number of nitrogens with zero attached hydrogens (tertiary/aromatic N) is 2. The summed E-state index contributed by atoms with van der Waals surface area (Å²) >= 11 is 13.1. The number of ether oxygens (including phenoxy) is 2. The van der Waals surface area contributed by atoms with Crippen LogP contribution in [0.25, 0.3) is 0 Å². The van der Waals surface area contributed by atoms with Crippen molar-refractivity contribution in [1.29, 1.82) is 0 Å². The predicted molar refractivity (Wildman–Crippen MR) is 147 cm³/mol. The van der Waals surface area contributed by atoms with Crippen LogP contribution in [0, 0.1) is 0 Å². The van der Waals surface area contributed by atoms with Gasteiger partial charge in [-0.25, -0.2) is 0 Å². The van der Waals surface area contributed by atoms with E-state index in [1.165, 1.54) is 12.8 Å². The Hall–Kier alpha value is -2.28. The molecule has 2 aromatic carbocycles. The maximum Gasteiger partial charge on any atom is 0.306 e. The molecule has 0 radical (unpaired) electrons. The summed E-state index contributed by atoms with van der Waals surface area (Å²) in [6, 6.07) is 12.3. The normalized spacial score (nSPS) is 18.4. The molecule has 0 N–H and O–H groups in total. The Morgan fingerprint density at radius 3 is 2.30 bits per heavy atom. The van der Waals surface area contributed by atoms with Crippen LogP contribution in [-0.4, -0.2) is 42.2 Å². The van der Waals surface area contributed by atoms with E-state index in [0.29, 0.717) is 41.9 Å². The average molecular weight is 546 g/mol. The van der Waals surface area contributed by atoms with Gasteiger partial charge in [-0.2, -0.15) is 0 Å². The number of hydrogen-bond acceptors (Lipinski definition) is 5. The maximum atomic E-state index is 13.7. The molecule has 2 aliphatic carbocycles. The molecular weight excluding hydrogens is 511 g/mol. The number of carbonyl (C=O) groups excluding carboxylic acids is 2. The third kappa shape index (κ3) is 5.92. The molecule has 0 unspecified atom stereocenters. The van der Waals surface area contributed by atoms with Gasteiger partial charge in [-0.3, -0.25) is 9.59 Å². The van der Waals surface area contributed by atoms with Gasteiger partial charge in [0, 0.05) is 35.6 Å². The van der Waals surface area contributed by atoms with Gasteiger partial charge in [0.25, 0.3) is 5.91 Å². The molecular formula is C29H34Cl2N2O4. The smallest absolute Gasteiger partial charge is 0.306 e. The van der Waals surface area contributed by atoms with Crippen molar-refractivity contribution in [1.82, 2.24) is 0 Å². The van der Waals surface area contributed by atoms with E-state index in [1.807, 2.05) is 43.9 Å². The number of para-hydroxylation sites is 2. The fourth-order valence-electron chi connectivity index (χ4n) is 4.92. The maximum absolute atomic E-state index is 13.7. The van der Waals surface area contributed by atoms with E-state index in [1.54, 1.807) is 12.1 Å². The van der Waals surface area contributed by atoms with Crippen molar-refractivity contribution in [3.63, 3.8) is 0 Å². The quantitative estimate of drug-likeness (QED) is 0.363. The van der Waals surface area contributed by atoms with Gasteiger partial charge < -0.3 is 19.3 Å². The Kier molecular flexibility index (Phi) is 7.20. The van der Waals surface area contributed by atoms with Crippen molar-refractivity contribution in [2.24, 2.45) is 0 Å². The minimum atomic E-state index is -0.819. The lowest BCUT2D eigenvalue weighted by atomic mass is 10.1. The summed E-state index contributed by atoms with van der Waals surface area (Å²) in [4.78, 5) is 30.1. The number of esters is 1. The van der Waals surface area contributed by atoms with Gasteiger partial charge in [0.15, 0.2) is 0 Å². The van der Waals surface area contributed by atoms with Crippen molar-refractivity contribution in [3.8, 4) is 0 Å². The molecule has 3 aliphatic rings. The van der Waals surface area contributed by atoms with Gasteiger partial charge in [0.2, 0.25) is 0 Å². The Labute approximate surface area is 228 Å². The third-order valence-electron chi connectivity index (χ3n) is 7.11. The molecule has 0 aromatic heterocycles. The summed E-state index contributed by atoms with van der Waals surface area (Å²) in [6.45, 7) is 7.22. The van der Waals surface area contributed by atoms with E-state index in [2.05, 4.69) is 11.0 Å². The van der Waals surface area contributed by atoms with Crippen LogP contribution in [0.4, 0.5) is 11.4 Å². The molecule has 1 heterocycles. The summed E-state index contributed by atoms with van der Waals surface area (Å²) in [7, 11) is 0. The number of rotatable bonds is 8. The van der Waals surface area contributed by atoms with Crippen LogP contribution in [0.15, 0.2) is 36.4 Å². The van der Waals surface area contributed by atoms with Crippen LogP contribution in [0.1, 0.15) is 64.0 Å². The molecule has 0 bridgehead atoms. The summed E-state index contributed by atoms with van der Waals surface area (Å²) in [5, 5.41) is 1.03. The van der Waals surface area contributed by atoms with Gasteiger partial charge in [0.1, 0.15) is 11.2 Å². The zero-order valence-corrected chi connectivity index (χ0v) is 23.2. The molecule has 2 fully saturated rings. The molecule has 8 heteroatoms. The fraction of sp³-hybridized carbons (Fsp3) is 0.517. The molecule has 1 amide bonds. The Balaban J connectivity index is 1.23. The van der Waals surface area contributed by atoms with Crippen LogP contribution in [0.3, 0.4) is 0 Å². The third-order valence-corrected chi connectivity index (χ3v) is 7.81. The number of anilines is 2. The second kappa shape index (κ2) is 10.1. The predicted octanol–water partition coefficient (Wildman–Crippen LogP) is 6.33. The molecule has 6 nitrogen and oxygen atoms in total. The minimum Gasteiger partial charge on any atom is -0.460 e. The monoisotopic (exact) mass is 544 g/mol. The highest BCUT2D eigenvalue weighted by atomic mass is 35.5. The van der Waals surface area contributed by atoms with Crippen molar-refractivity contribution in [2.45, 2.75) is 83.1 Å². The summed E-state index contributed by atoms with van der Waals surface area (Å²) < 4.78 is 11.6. The molecule has 0 spiro atoms. The Morgan fingerprint density at radius 1 is 1.00 bits per heavy atom. The number of aryl methyl sites for hydroxylation is 1. The van der Waals surface area contributed by atoms with Crippen molar-refractivity contribution in [2.75, 3.05) is 22.9 Å². The van der Waals surface area contributed by atoms with Gasteiger partial charge >= 0.3 is 5.97 Å². The molecule has 0 saturated heterocycles. The zero-order valence-electron chi connectivity index (χ0n) is 21.7. The van der Waals surface area contributed by atoms with Gasteiger partial charge in [-0.15, -0.1) is 0 Å². The SMILES string of the molecule is CC(C)(C)OC(=O)CCc1cc(Cl)c(COC2(C(=O)N3CCN(C4CC4)c4ccccc43)CC2)cc1Cl. The molecule has 198 valence electrons. The topological polar surface area (TPSA) is 59.1 Å².